The van der Waals surface area contributed by atoms with Crippen molar-refractivity contribution in [2.45, 2.75) is 60.3 Å². The fourth-order valence-corrected chi connectivity index (χ4v) is 1.89. The summed E-state index contributed by atoms with van der Waals surface area (Å²) < 4.78 is 4.88. The Morgan fingerprint density at radius 1 is 1.16 bits per heavy atom. The average Bonchev–Trinajstić information content (AvgIpc) is 2.28. The van der Waals surface area contributed by atoms with Gasteiger partial charge in [-0.05, 0) is 32.1 Å². The third-order valence-corrected chi connectivity index (χ3v) is 3.08. The molecule has 0 saturated carbocycles. The van der Waals surface area contributed by atoms with Gasteiger partial charge in [0.05, 0.1) is 12.2 Å². The molecule has 110 valence electrons. The number of rotatable bonds is 9. The van der Waals surface area contributed by atoms with Crippen molar-refractivity contribution in [3.05, 3.63) is 11.6 Å². The maximum absolute atomic E-state index is 11.6. The lowest BCUT2D eigenvalue weighted by Crippen LogP contribution is -2.14. The zero-order valence-corrected chi connectivity index (χ0v) is 13.0. The smallest absolute Gasteiger partial charge is 0.341 e. The van der Waals surface area contributed by atoms with Crippen LogP contribution in [0, 0.1) is 11.8 Å². The number of esters is 1. The van der Waals surface area contributed by atoms with Crippen molar-refractivity contribution in [3.8, 4) is 0 Å². The van der Waals surface area contributed by atoms with Gasteiger partial charge in [-0.15, -0.1) is 0 Å². The molecule has 0 aliphatic carbocycles. The first kappa shape index (κ1) is 17.9. The molecule has 0 spiro atoms. The van der Waals surface area contributed by atoms with Crippen LogP contribution in [0.4, 0.5) is 0 Å². The lowest BCUT2D eigenvalue weighted by molar-refractivity contribution is -0.139. The Morgan fingerprint density at radius 3 is 2.26 bits per heavy atom. The molecular weight excluding hydrogens is 240 g/mol. The third kappa shape index (κ3) is 8.57. The Balaban J connectivity index is 4.30. The van der Waals surface area contributed by atoms with E-state index in [1.165, 1.54) is 19.8 Å². The summed E-state index contributed by atoms with van der Waals surface area (Å²) in [7, 11) is 0. The van der Waals surface area contributed by atoms with Gasteiger partial charge in [0.25, 0.3) is 0 Å². The second-order valence-electron chi connectivity index (χ2n) is 5.56. The molecule has 0 saturated heterocycles. The van der Waals surface area contributed by atoms with Crippen LogP contribution in [0.1, 0.15) is 60.3 Å². The standard InChI is InChI=1S/C16H28O3/c1-6-19-16(18)15(14(5)17)11-10-13(4)9-7-8-12(2)3/h11-13H,6-10H2,1-5H3/b15-11+. The molecule has 0 heterocycles. The molecule has 0 aromatic rings. The van der Waals surface area contributed by atoms with Gasteiger partial charge < -0.3 is 4.74 Å². The van der Waals surface area contributed by atoms with Gasteiger partial charge in [-0.3, -0.25) is 4.79 Å². The molecule has 3 nitrogen and oxygen atoms in total. The van der Waals surface area contributed by atoms with E-state index < -0.39 is 5.97 Å². The molecule has 0 radical (unpaired) electrons. The largest absolute Gasteiger partial charge is 0.462 e. The Bertz CT molecular complexity index is 316. The predicted molar refractivity (Wildman–Crippen MR) is 77.9 cm³/mol. The summed E-state index contributed by atoms with van der Waals surface area (Å²) in [6, 6.07) is 0. The van der Waals surface area contributed by atoms with E-state index in [1.54, 1.807) is 13.0 Å². The van der Waals surface area contributed by atoms with Crippen LogP contribution in [0.25, 0.3) is 0 Å². The van der Waals surface area contributed by atoms with Crippen LogP contribution >= 0.6 is 0 Å². The molecule has 0 rings (SSSR count). The van der Waals surface area contributed by atoms with Crippen molar-refractivity contribution >= 4 is 11.8 Å². The molecule has 0 fully saturated rings. The fourth-order valence-electron chi connectivity index (χ4n) is 1.89. The number of carbonyl (C=O) groups is 2. The molecule has 0 N–H and O–H groups in total. The second-order valence-corrected chi connectivity index (χ2v) is 5.56. The van der Waals surface area contributed by atoms with Gasteiger partial charge in [-0.25, -0.2) is 4.79 Å². The molecule has 19 heavy (non-hydrogen) atoms. The van der Waals surface area contributed by atoms with Crippen LogP contribution < -0.4 is 0 Å². The average molecular weight is 268 g/mol. The molecule has 0 aliphatic rings. The van der Waals surface area contributed by atoms with Crippen LogP contribution in [0.2, 0.25) is 0 Å². The number of Topliss-reactive ketones (excluding diaryl/α,β-unsaturated/α-hetero) is 1. The predicted octanol–water partition coefficient (Wildman–Crippen LogP) is 3.92. The fraction of sp³-hybridized carbons (Fsp3) is 0.750. The van der Waals surface area contributed by atoms with Gasteiger partial charge >= 0.3 is 5.97 Å². The first-order valence-corrected chi connectivity index (χ1v) is 7.26. The van der Waals surface area contributed by atoms with Crippen molar-refractivity contribution in [1.29, 1.82) is 0 Å². The first-order valence-electron chi connectivity index (χ1n) is 7.26. The maximum Gasteiger partial charge on any atom is 0.341 e. The van der Waals surface area contributed by atoms with Gasteiger partial charge in [0.1, 0.15) is 0 Å². The van der Waals surface area contributed by atoms with Gasteiger partial charge in [0.2, 0.25) is 0 Å². The molecule has 3 heteroatoms. The number of carbonyl (C=O) groups excluding carboxylic acids is 2. The Labute approximate surface area is 117 Å². The third-order valence-electron chi connectivity index (χ3n) is 3.08. The van der Waals surface area contributed by atoms with Gasteiger partial charge in [-0.2, -0.15) is 0 Å². The van der Waals surface area contributed by atoms with E-state index in [2.05, 4.69) is 20.8 Å². The minimum atomic E-state index is -0.496. The second kappa shape index (κ2) is 9.76. The summed E-state index contributed by atoms with van der Waals surface area (Å²) in [6.07, 6.45) is 6.04. The highest BCUT2D eigenvalue weighted by molar-refractivity contribution is 6.16. The summed E-state index contributed by atoms with van der Waals surface area (Å²) in [4.78, 5) is 23.0. The van der Waals surface area contributed by atoms with Crippen molar-refractivity contribution in [2.24, 2.45) is 11.8 Å². The lowest BCUT2D eigenvalue weighted by atomic mass is 9.96. The Morgan fingerprint density at radius 2 is 1.79 bits per heavy atom. The molecule has 1 unspecified atom stereocenters. The molecule has 0 bridgehead atoms. The summed E-state index contributed by atoms with van der Waals surface area (Å²) in [6.45, 7) is 10.0. The number of hydrogen-bond donors (Lipinski definition) is 0. The maximum atomic E-state index is 11.6. The van der Waals surface area contributed by atoms with Crippen LogP contribution in [-0.4, -0.2) is 18.4 Å². The summed E-state index contributed by atoms with van der Waals surface area (Å²) in [5, 5.41) is 0. The number of ether oxygens (including phenoxy) is 1. The van der Waals surface area contributed by atoms with E-state index in [0.29, 0.717) is 12.5 Å². The first-order chi connectivity index (χ1) is 8.88. The van der Waals surface area contributed by atoms with E-state index in [1.807, 2.05) is 0 Å². The van der Waals surface area contributed by atoms with E-state index in [0.717, 1.165) is 18.8 Å². The molecular formula is C16H28O3. The van der Waals surface area contributed by atoms with E-state index in [9.17, 15) is 9.59 Å². The SMILES string of the molecule is CCOC(=O)/C(=C/CC(C)CCCC(C)C)C(C)=O. The van der Waals surface area contributed by atoms with E-state index >= 15 is 0 Å². The van der Waals surface area contributed by atoms with Crippen molar-refractivity contribution in [3.63, 3.8) is 0 Å². The minimum Gasteiger partial charge on any atom is -0.462 e. The Hall–Kier alpha value is -1.12. The van der Waals surface area contributed by atoms with Crippen LogP contribution in [0.3, 0.4) is 0 Å². The van der Waals surface area contributed by atoms with Crippen molar-refractivity contribution in [2.75, 3.05) is 6.61 Å². The van der Waals surface area contributed by atoms with Crippen molar-refractivity contribution < 1.29 is 14.3 Å². The molecule has 1 atom stereocenters. The molecule has 0 aliphatic heterocycles. The highest BCUT2D eigenvalue weighted by atomic mass is 16.5. The van der Waals surface area contributed by atoms with Crippen LogP contribution in [0.15, 0.2) is 11.6 Å². The number of allylic oxidation sites excluding steroid dienone is 1. The van der Waals surface area contributed by atoms with E-state index in [4.69, 9.17) is 4.74 Å². The molecule has 0 aromatic heterocycles. The van der Waals surface area contributed by atoms with Gasteiger partial charge in [0.15, 0.2) is 5.78 Å². The van der Waals surface area contributed by atoms with Crippen LogP contribution in [0.5, 0.6) is 0 Å². The zero-order chi connectivity index (χ0) is 14.8. The molecule has 0 aromatic carbocycles. The minimum absolute atomic E-state index is 0.192. The summed E-state index contributed by atoms with van der Waals surface area (Å²) >= 11 is 0. The normalized spacial score (nSPS) is 13.5. The Kier molecular flexibility index (Phi) is 9.19. The van der Waals surface area contributed by atoms with Crippen molar-refractivity contribution in [1.82, 2.24) is 0 Å². The van der Waals surface area contributed by atoms with Crippen LogP contribution in [-0.2, 0) is 14.3 Å². The summed E-state index contributed by atoms with van der Waals surface area (Å²) in [5.74, 6) is 0.509. The van der Waals surface area contributed by atoms with Gasteiger partial charge in [-0.1, -0.05) is 46.1 Å². The highest BCUT2D eigenvalue weighted by Gasteiger charge is 2.15. The topological polar surface area (TPSA) is 43.4 Å². The quantitative estimate of drug-likeness (QED) is 0.275. The summed E-state index contributed by atoms with van der Waals surface area (Å²) in [5.41, 5.74) is 0.192. The number of ketones is 1. The van der Waals surface area contributed by atoms with Gasteiger partial charge in [0, 0.05) is 0 Å². The lowest BCUT2D eigenvalue weighted by Gasteiger charge is -2.11. The van der Waals surface area contributed by atoms with E-state index in [-0.39, 0.29) is 11.4 Å². The number of hydrogen-bond acceptors (Lipinski definition) is 3. The molecule has 0 amide bonds. The zero-order valence-electron chi connectivity index (χ0n) is 13.0. The monoisotopic (exact) mass is 268 g/mol. The highest BCUT2D eigenvalue weighted by Crippen LogP contribution is 2.17.